The summed E-state index contributed by atoms with van der Waals surface area (Å²) in [5.74, 6) is 0.502. The van der Waals surface area contributed by atoms with Crippen LogP contribution in [0.2, 0.25) is 0 Å². The topological polar surface area (TPSA) is 78.9 Å². The number of carbonyl (C=O) groups is 3. The number of fused-ring (bicyclic) bond motifs is 5. The molecule has 0 radical (unpaired) electrons. The largest absolute Gasteiger partial charge is 0.487 e. The second-order valence-electron chi connectivity index (χ2n) is 9.20. The molecule has 162 valence electrons. The van der Waals surface area contributed by atoms with Crippen molar-refractivity contribution >= 4 is 17.7 Å². The molecule has 0 N–H and O–H groups in total. The van der Waals surface area contributed by atoms with Crippen molar-refractivity contribution < 1.29 is 28.6 Å². The van der Waals surface area contributed by atoms with Gasteiger partial charge < -0.3 is 14.2 Å². The first-order valence-corrected chi connectivity index (χ1v) is 11.0. The Hall–Kier alpha value is -2.37. The van der Waals surface area contributed by atoms with E-state index in [1.807, 2.05) is 6.92 Å². The quantitative estimate of drug-likeness (QED) is 0.519. The van der Waals surface area contributed by atoms with Gasteiger partial charge in [-0.05, 0) is 61.8 Å². The van der Waals surface area contributed by atoms with E-state index in [-0.39, 0.29) is 34.9 Å². The molecule has 0 unspecified atom stereocenters. The molecule has 0 bridgehead atoms. The maximum absolute atomic E-state index is 13.3. The minimum absolute atomic E-state index is 0.0206. The van der Waals surface area contributed by atoms with Gasteiger partial charge in [0.15, 0.2) is 17.3 Å². The molecule has 0 saturated heterocycles. The van der Waals surface area contributed by atoms with Gasteiger partial charge in [-0.3, -0.25) is 14.4 Å². The summed E-state index contributed by atoms with van der Waals surface area (Å²) >= 11 is 0. The Morgan fingerprint density at radius 2 is 1.83 bits per heavy atom. The lowest BCUT2D eigenvalue weighted by Gasteiger charge is -2.49. The van der Waals surface area contributed by atoms with Crippen molar-refractivity contribution in [2.75, 3.05) is 6.61 Å². The molecule has 0 aliphatic heterocycles. The van der Waals surface area contributed by atoms with Crippen LogP contribution in [0.4, 0.5) is 0 Å². The van der Waals surface area contributed by atoms with Crippen molar-refractivity contribution in [3.8, 4) is 17.2 Å². The SMILES string of the molecule is CCOc1c(OC(C)=O)cc2c(c1OC(C)=O)[C@H]1CC[C@]3(C)CCC[C@H]3[C@@H]1CC2=O. The van der Waals surface area contributed by atoms with Crippen LogP contribution in [0.3, 0.4) is 0 Å². The zero-order valence-electron chi connectivity index (χ0n) is 18.2. The summed E-state index contributed by atoms with van der Waals surface area (Å²) in [6, 6.07) is 1.61. The van der Waals surface area contributed by atoms with Gasteiger partial charge in [-0.1, -0.05) is 13.3 Å². The lowest BCUT2D eigenvalue weighted by molar-refractivity contribution is -0.132. The highest BCUT2D eigenvalue weighted by atomic mass is 16.6. The first-order chi connectivity index (χ1) is 14.2. The van der Waals surface area contributed by atoms with E-state index in [1.54, 1.807) is 6.07 Å². The van der Waals surface area contributed by atoms with Gasteiger partial charge in [0.25, 0.3) is 0 Å². The van der Waals surface area contributed by atoms with Crippen LogP contribution in [0.5, 0.6) is 17.2 Å². The second kappa shape index (κ2) is 7.71. The molecular formula is C24H30O6. The van der Waals surface area contributed by atoms with Gasteiger partial charge >= 0.3 is 11.9 Å². The molecule has 3 aliphatic carbocycles. The Morgan fingerprint density at radius 1 is 1.10 bits per heavy atom. The Kier molecular flexibility index (Phi) is 5.37. The van der Waals surface area contributed by atoms with E-state index < -0.39 is 11.9 Å². The number of benzene rings is 1. The van der Waals surface area contributed by atoms with Crippen molar-refractivity contribution in [2.24, 2.45) is 17.3 Å². The van der Waals surface area contributed by atoms with Gasteiger partial charge in [-0.15, -0.1) is 0 Å². The minimum atomic E-state index is -0.523. The number of Topliss-reactive ketones (excluding diaryl/α,β-unsaturated/α-hetero) is 1. The average Bonchev–Trinajstić information content (AvgIpc) is 3.06. The van der Waals surface area contributed by atoms with Crippen LogP contribution in [0.25, 0.3) is 0 Å². The molecule has 3 aliphatic rings. The summed E-state index contributed by atoms with van der Waals surface area (Å²) in [6.07, 6.45) is 6.11. The maximum Gasteiger partial charge on any atom is 0.308 e. The predicted molar refractivity (Wildman–Crippen MR) is 110 cm³/mol. The molecular weight excluding hydrogens is 384 g/mol. The number of hydrogen-bond donors (Lipinski definition) is 0. The smallest absolute Gasteiger partial charge is 0.308 e. The minimum Gasteiger partial charge on any atom is -0.487 e. The summed E-state index contributed by atoms with van der Waals surface area (Å²) in [6.45, 7) is 7.11. The number of carbonyl (C=O) groups excluding carboxylic acids is 3. The van der Waals surface area contributed by atoms with Crippen LogP contribution in [0, 0.1) is 17.3 Å². The van der Waals surface area contributed by atoms with Crippen molar-refractivity contribution in [3.05, 3.63) is 17.2 Å². The Bertz CT molecular complexity index is 903. The van der Waals surface area contributed by atoms with E-state index in [2.05, 4.69) is 6.92 Å². The van der Waals surface area contributed by atoms with Crippen LogP contribution < -0.4 is 14.2 Å². The molecule has 2 fully saturated rings. The predicted octanol–water partition coefficient (Wildman–Crippen LogP) is 4.82. The van der Waals surface area contributed by atoms with E-state index >= 15 is 0 Å². The van der Waals surface area contributed by atoms with E-state index in [1.165, 1.54) is 26.7 Å². The number of esters is 2. The monoisotopic (exact) mass is 414 g/mol. The fraction of sp³-hybridized carbons (Fsp3) is 0.625. The molecule has 4 rings (SSSR count). The van der Waals surface area contributed by atoms with Crippen molar-refractivity contribution in [2.45, 2.75) is 72.1 Å². The third-order valence-corrected chi connectivity index (χ3v) is 7.34. The summed E-state index contributed by atoms with van der Waals surface area (Å²) in [5, 5.41) is 0. The Balaban J connectivity index is 1.90. The van der Waals surface area contributed by atoms with Gasteiger partial charge in [0.05, 0.1) is 6.61 Å². The first-order valence-electron chi connectivity index (χ1n) is 11.0. The molecule has 0 heterocycles. The number of ketones is 1. The molecule has 6 heteroatoms. The zero-order chi connectivity index (χ0) is 21.6. The molecule has 6 nitrogen and oxygen atoms in total. The van der Waals surface area contributed by atoms with Gasteiger partial charge in [0.1, 0.15) is 0 Å². The molecule has 0 amide bonds. The van der Waals surface area contributed by atoms with Gasteiger partial charge in [0.2, 0.25) is 5.75 Å². The van der Waals surface area contributed by atoms with Crippen LogP contribution in [-0.2, 0) is 9.59 Å². The van der Waals surface area contributed by atoms with Crippen molar-refractivity contribution in [1.29, 1.82) is 0 Å². The van der Waals surface area contributed by atoms with Crippen molar-refractivity contribution in [3.63, 3.8) is 0 Å². The molecule has 1 aromatic rings. The van der Waals surface area contributed by atoms with Crippen LogP contribution >= 0.6 is 0 Å². The number of ether oxygens (including phenoxy) is 3. The molecule has 1 aromatic carbocycles. The Morgan fingerprint density at radius 3 is 2.50 bits per heavy atom. The fourth-order valence-electron chi connectivity index (χ4n) is 6.23. The summed E-state index contributed by atoms with van der Waals surface area (Å²) in [4.78, 5) is 36.9. The van der Waals surface area contributed by atoms with Crippen LogP contribution in [-0.4, -0.2) is 24.3 Å². The Labute approximate surface area is 177 Å². The first kappa shape index (κ1) is 20.9. The van der Waals surface area contributed by atoms with E-state index in [9.17, 15) is 14.4 Å². The molecule has 4 atom stereocenters. The average molecular weight is 414 g/mol. The molecule has 2 saturated carbocycles. The zero-order valence-corrected chi connectivity index (χ0v) is 18.2. The maximum atomic E-state index is 13.3. The lowest BCUT2D eigenvalue weighted by Crippen LogP contribution is -2.41. The van der Waals surface area contributed by atoms with Gasteiger partial charge in [-0.25, -0.2) is 0 Å². The van der Waals surface area contributed by atoms with Crippen molar-refractivity contribution in [1.82, 2.24) is 0 Å². The van der Waals surface area contributed by atoms with E-state index in [4.69, 9.17) is 14.2 Å². The normalized spacial score (nSPS) is 29.5. The summed E-state index contributed by atoms with van der Waals surface area (Å²) < 4.78 is 16.8. The molecule has 0 aromatic heterocycles. The molecule has 30 heavy (non-hydrogen) atoms. The highest BCUT2D eigenvalue weighted by Gasteiger charge is 2.53. The highest BCUT2D eigenvalue weighted by molar-refractivity contribution is 6.01. The summed E-state index contributed by atoms with van der Waals surface area (Å²) in [5.41, 5.74) is 1.55. The number of rotatable bonds is 4. The fourth-order valence-corrected chi connectivity index (χ4v) is 6.23. The third-order valence-electron chi connectivity index (χ3n) is 7.34. The summed E-state index contributed by atoms with van der Waals surface area (Å²) in [7, 11) is 0. The number of hydrogen-bond acceptors (Lipinski definition) is 6. The van der Waals surface area contributed by atoms with Crippen LogP contribution in [0.1, 0.15) is 88.1 Å². The van der Waals surface area contributed by atoms with Crippen LogP contribution in [0.15, 0.2) is 6.07 Å². The van der Waals surface area contributed by atoms with E-state index in [0.29, 0.717) is 29.9 Å². The van der Waals surface area contributed by atoms with Gasteiger partial charge in [0, 0.05) is 31.4 Å². The standard InChI is InChI=1S/C24H30O6/c1-5-28-22-20(29-13(2)25)12-17-19(27)11-16-15(21(17)23(22)30-14(3)26)8-10-24(4)9-6-7-18(16)24/h12,15-16,18H,5-11H2,1-4H3/t15-,16+,18-,24-/m0/s1. The highest BCUT2D eigenvalue weighted by Crippen LogP contribution is 2.63. The van der Waals surface area contributed by atoms with Gasteiger partial charge in [-0.2, -0.15) is 0 Å². The van der Waals surface area contributed by atoms with E-state index in [0.717, 1.165) is 24.8 Å². The molecule has 0 spiro atoms. The third kappa shape index (κ3) is 3.40. The lowest BCUT2D eigenvalue weighted by atomic mass is 9.55. The second-order valence-corrected chi connectivity index (χ2v) is 9.20.